The summed E-state index contributed by atoms with van der Waals surface area (Å²) in [5.41, 5.74) is 1.94. The second-order valence-electron chi connectivity index (χ2n) is 6.41. The van der Waals surface area contributed by atoms with Gasteiger partial charge in [0.2, 0.25) is 5.91 Å². The van der Waals surface area contributed by atoms with Crippen LogP contribution in [0.2, 0.25) is 0 Å². The van der Waals surface area contributed by atoms with E-state index in [9.17, 15) is 4.79 Å². The van der Waals surface area contributed by atoms with Gasteiger partial charge in [-0.3, -0.25) is 9.79 Å². The molecule has 2 aromatic heterocycles. The van der Waals surface area contributed by atoms with Crippen LogP contribution < -0.4 is 10.6 Å². The van der Waals surface area contributed by atoms with Crippen molar-refractivity contribution >= 4 is 17.5 Å². The molecule has 25 heavy (non-hydrogen) atoms. The number of imidazole rings is 1. The van der Waals surface area contributed by atoms with Gasteiger partial charge in [-0.15, -0.1) is 0 Å². The summed E-state index contributed by atoms with van der Waals surface area (Å²) in [4.78, 5) is 22.8. The molecule has 1 fully saturated rings. The number of piperidine rings is 1. The lowest BCUT2D eigenvalue weighted by molar-refractivity contribution is -0.121. The number of rotatable bonds is 4. The molecule has 0 saturated carbocycles. The number of nitrogens with one attached hydrogen (secondary N) is 2. The van der Waals surface area contributed by atoms with Gasteiger partial charge >= 0.3 is 0 Å². The molecule has 0 atom stereocenters. The zero-order valence-corrected chi connectivity index (χ0v) is 14.9. The molecule has 0 unspecified atom stereocenters. The van der Waals surface area contributed by atoms with E-state index in [1.807, 2.05) is 42.0 Å². The van der Waals surface area contributed by atoms with Crippen LogP contribution in [0.5, 0.6) is 0 Å². The molecule has 0 aliphatic carbocycles. The van der Waals surface area contributed by atoms with Crippen molar-refractivity contribution in [3.8, 4) is 0 Å². The summed E-state index contributed by atoms with van der Waals surface area (Å²) in [6, 6.07) is 5.98. The van der Waals surface area contributed by atoms with E-state index in [4.69, 9.17) is 0 Å². The zero-order valence-electron chi connectivity index (χ0n) is 14.9. The number of aromatic nitrogens is 2. The molecule has 3 heterocycles. The van der Waals surface area contributed by atoms with E-state index in [0.717, 1.165) is 43.2 Å². The number of nitrogens with zero attached hydrogens (tertiary/aromatic N) is 4. The summed E-state index contributed by atoms with van der Waals surface area (Å²) in [5.74, 6) is 1.50. The van der Waals surface area contributed by atoms with Crippen LogP contribution in [0.3, 0.4) is 0 Å². The number of guanidine groups is 1. The quantitative estimate of drug-likeness (QED) is 0.648. The smallest absolute Gasteiger partial charge is 0.220 e. The van der Waals surface area contributed by atoms with E-state index < -0.39 is 0 Å². The van der Waals surface area contributed by atoms with Crippen molar-refractivity contribution in [3.05, 3.63) is 36.3 Å². The molecule has 1 saturated heterocycles. The molecule has 2 N–H and O–H groups in total. The van der Waals surface area contributed by atoms with Crippen LogP contribution in [0.4, 0.5) is 0 Å². The van der Waals surface area contributed by atoms with Crippen molar-refractivity contribution in [2.24, 2.45) is 10.9 Å². The number of hydrogen-bond donors (Lipinski definition) is 2. The van der Waals surface area contributed by atoms with E-state index in [1.54, 1.807) is 7.05 Å². The Morgan fingerprint density at radius 3 is 2.84 bits per heavy atom. The van der Waals surface area contributed by atoms with Gasteiger partial charge in [0.05, 0.1) is 12.2 Å². The molecular weight excluding hydrogens is 316 g/mol. The first-order chi connectivity index (χ1) is 12.2. The first kappa shape index (κ1) is 17.3. The topological polar surface area (TPSA) is 74.0 Å². The van der Waals surface area contributed by atoms with E-state index in [2.05, 4.69) is 25.5 Å². The number of aliphatic imine (C=N–C) groups is 1. The van der Waals surface area contributed by atoms with E-state index in [1.165, 1.54) is 0 Å². The van der Waals surface area contributed by atoms with Gasteiger partial charge in [-0.05, 0) is 30.9 Å². The van der Waals surface area contributed by atoms with Gasteiger partial charge in [-0.1, -0.05) is 6.07 Å². The summed E-state index contributed by atoms with van der Waals surface area (Å²) in [6.07, 6.45) is 6.69. The van der Waals surface area contributed by atoms with E-state index in [-0.39, 0.29) is 5.91 Å². The number of hydrogen-bond acceptors (Lipinski definition) is 3. The van der Waals surface area contributed by atoms with Crippen molar-refractivity contribution in [2.75, 3.05) is 27.2 Å². The fourth-order valence-corrected chi connectivity index (χ4v) is 3.29. The van der Waals surface area contributed by atoms with Gasteiger partial charge in [0.25, 0.3) is 0 Å². The van der Waals surface area contributed by atoms with Crippen LogP contribution in [0.1, 0.15) is 25.0 Å². The number of fused-ring (bicyclic) bond motifs is 1. The third-order valence-electron chi connectivity index (χ3n) is 4.72. The summed E-state index contributed by atoms with van der Waals surface area (Å²) in [7, 11) is 3.51. The van der Waals surface area contributed by atoms with Gasteiger partial charge in [0.1, 0.15) is 5.65 Å². The predicted molar refractivity (Wildman–Crippen MR) is 98.4 cm³/mol. The highest BCUT2D eigenvalue weighted by Crippen LogP contribution is 2.20. The molecule has 1 amide bonds. The van der Waals surface area contributed by atoms with Crippen molar-refractivity contribution in [3.63, 3.8) is 0 Å². The van der Waals surface area contributed by atoms with Crippen molar-refractivity contribution in [1.29, 1.82) is 0 Å². The van der Waals surface area contributed by atoms with E-state index >= 15 is 0 Å². The van der Waals surface area contributed by atoms with Crippen molar-refractivity contribution < 1.29 is 4.79 Å². The maximum Gasteiger partial charge on any atom is 0.220 e. The highest BCUT2D eigenvalue weighted by atomic mass is 16.1. The maximum absolute atomic E-state index is 11.5. The minimum Gasteiger partial charge on any atom is -0.359 e. The van der Waals surface area contributed by atoms with Crippen LogP contribution in [0.25, 0.3) is 5.65 Å². The van der Waals surface area contributed by atoms with Crippen LogP contribution in [0, 0.1) is 5.92 Å². The molecule has 1 aliphatic heterocycles. The van der Waals surface area contributed by atoms with Crippen molar-refractivity contribution in [1.82, 2.24) is 24.9 Å². The Labute approximate surface area is 148 Å². The number of carbonyl (C=O) groups is 1. The second-order valence-corrected chi connectivity index (χ2v) is 6.41. The fraction of sp³-hybridized carbons (Fsp3) is 0.500. The number of pyridine rings is 1. The molecule has 3 rings (SSSR count). The molecule has 7 heteroatoms. The summed E-state index contributed by atoms with van der Waals surface area (Å²) >= 11 is 0. The van der Waals surface area contributed by atoms with Gasteiger partial charge < -0.3 is 19.9 Å². The van der Waals surface area contributed by atoms with Crippen LogP contribution >= 0.6 is 0 Å². The minimum absolute atomic E-state index is 0.132. The first-order valence-electron chi connectivity index (χ1n) is 8.78. The summed E-state index contributed by atoms with van der Waals surface area (Å²) in [5, 5.41) is 6.11. The lowest BCUT2D eigenvalue weighted by Crippen LogP contribution is -2.45. The maximum atomic E-state index is 11.5. The molecular formula is C18H26N6O. The molecule has 2 aromatic rings. The highest BCUT2D eigenvalue weighted by Gasteiger charge is 2.23. The fourth-order valence-electron chi connectivity index (χ4n) is 3.29. The van der Waals surface area contributed by atoms with Crippen LogP contribution in [-0.2, 0) is 11.3 Å². The lowest BCUT2D eigenvalue weighted by Gasteiger charge is -2.34. The predicted octanol–water partition coefficient (Wildman–Crippen LogP) is 1.26. The normalized spacial score (nSPS) is 16.2. The number of likely N-dealkylation sites (tertiary alicyclic amines) is 1. The van der Waals surface area contributed by atoms with E-state index in [0.29, 0.717) is 18.9 Å². The Kier molecular flexibility index (Phi) is 5.53. The van der Waals surface area contributed by atoms with Crippen LogP contribution in [-0.4, -0.2) is 53.3 Å². The number of carbonyl (C=O) groups excluding carboxylic acids is 1. The molecule has 0 radical (unpaired) electrons. The van der Waals surface area contributed by atoms with Gasteiger partial charge in [-0.2, -0.15) is 0 Å². The molecule has 1 aliphatic rings. The monoisotopic (exact) mass is 342 g/mol. The molecule has 0 spiro atoms. The Morgan fingerprint density at radius 2 is 2.16 bits per heavy atom. The average molecular weight is 342 g/mol. The number of amides is 1. The largest absolute Gasteiger partial charge is 0.359 e. The minimum atomic E-state index is 0.132. The first-order valence-corrected chi connectivity index (χ1v) is 8.78. The Bertz CT molecular complexity index is 712. The molecule has 134 valence electrons. The second kappa shape index (κ2) is 8.00. The SMILES string of the molecule is CN=C(NCc1cn2ccccc2n1)N1CCC(CC(=O)NC)CC1. The van der Waals surface area contributed by atoms with Gasteiger partial charge in [-0.25, -0.2) is 4.98 Å². The van der Waals surface area contributed by atoms with Crippen molar-refractivity contribution in [2.45, 2.75) is 25.8 Å². The van der Waals surface area contributed by atoms with Gasteiger partial charge in [0, 0.05) is 46.0 Å². The molecule has 0 aromatic carbocycles. The highest BCUT2D eigenvalue weighted by molar-refractivity contribution is 5.80. The Morgan fingerprint density at radius 1 is 1.36 bits per heavy atom. The molecule has 7 nitrogen and oxygen atoms in total. The third-order valence-corrected chi connectivity index (χ3v) is 4.72. The Hall–Kier alpha value is -2.57. The average Bonchev–Trinajstić information content (AvgIpc) is 3.06. The summed E-state index contributed by atoms with van der Waals surface area (Å²) < 4.78 is 2.02. The molecule has 0 bridgehead atoms. The Balaban J connectivity index is 1.52. The lowest BCUT2D eigenvalue weighted by atomic mass is 9.93. The van der Waals surface area contributed by atoms with Crippen LogP contribution in [0.15, 0.2) is 35.6 Å². The summed E-state index contributed by atoms with van der Waals surface area (Å²) in [6.45, 7) is 2.49. The third kappa shape index (κ3) is 4.29. The zero-order chi connectivity index (χ0) is 17.6. The van der Waals surface area contributed by atoms with Gasteiger partial charge in [0.15, 0.2) is 5.96 Å². The standard InChI is InChI=1S/C18H26N6O/c1-19-17(25)11-14-6-9-23(10-7-14)18(20-2)21-12-15-13-24-8-4-3-5-16(24)22-15/h3-5,8,13-14H,6-7,9-12H2,1-2H3,(H,19,25)(H,20,21).